The van der Waals surface area contributed by atoms with E-state index in [1.165, 1.54) is 18.4 Å². The fourth-order valence-electron chi connectivity index (χ4n) is 3.31. The molecule has 110 valence electrons. The number of rotatable bonds is 5. The Balaban J connectivity index is 1.65. The van der Waals surface area contributed by atoms with Gasteiger partial charge in [0.1, 0.15) is 0 Å². The smallest absolute Gasteiger partial charge is 0.0579 e. The van der Waals surface area contributed by atoms with Gasteiger partial charge in [0.15, 0.2) is 0 Å². The Bertz CT molecular complexity index is 456. The highest BCUT2D eigenvalue weighted by Gasteiger charge is 2.41. The van der Waals surface area contributed by atoms with Crippen LogP contribution in [-0.4, -0.2) is 49.0 Å². The van der Waals surface area contributed by atoms with Crippen molar-refractivity contribution >= 4 is 11.6 Å². The van der Waals surface area contributed by atoms with Gasteiger partial charge in [0, 0.05) is 17.6 Å². The molecule has 0 aliphatic carbocycles. The van der Waals surface area contributed by atoms with Crippen molar-refractivity contribution in [1.29, 1.82) is 0 Å². The van der Waals surface area contributed by atoms with Crippen molar-refractivity contribution in [2.45, 2.75) is 25.3 Å². The van der Waals surface area contributed by atoms with E-state index in [1.807, 2.05) is 12.1 Å². The van der Waals surface area contributed by atoms with Crippen molar-refractivity contribution < 1.29 is 9.84 Å². The number of halogens is 1. The lowest BCUT2D eigenvalue weighted by atomic mass is 9.86. The lowest BCUT2D eigenvalue weighted by Gasteiger charge is -2.43. The van der Waals surface area contributed by atoms with E-state index in [0.29, 0.717) is 19.3 Å². The highest BCUT2D eigenvalue weighted by molar-refractivity contribution is 6.31. The first kappa shape index (κ1) is 14.3. The minimum Gasteiger partial charge on any atom is -0.396 e. The number of ether oxygens (including phenoxy) is 1. The Morgan fingerprint density at radius 1 is 1.35 bits per heavy atom. The van der Waals surface area contributed by atoms with Crippen LogP contribution in [0.2, 0.25) is 5.02 Å². The molecule has 0 amide bonds. The summed E-state index contributed by atoms with van der Waals surface area (Å²) in [5.74, 6) is 0. The second-order valence-corrected chi connectivity index (χ2v) is 6.62. The minimum absolute atomic E-state index is 0.0247. The minimum atomic E-state index is -0.0247. The molecular formula is C16H22ClNO2. The maximum atomic E-state index is 9.59. The number of aliphatic hydroxyl groups is 1. The standard InChI is InChI=1S/C16H22ClNO2/c17-15-6-2-1-4-13(15)8-14-5-3-7-18(14)9-16(10-19)11-20-12-16/h1-2,4,6,14,19H,3,5,7-12H2. The van der Waals surface area contributed by atoms with Gasteiger partial charge < -0.3 is 9.84 Å². The molecule has 1 atom stereocenters. The van der Waals surface area contributed by atoms with Crippen molar-refractivity contribution in [2.24, 2.45) is 5.41 Å². The summed E-state index contributed by atoms with van der Waals surface area (Å²) in [5.41, 5.74) is 1.21. The summed E-state index contributed by atoms with van der Waals surface area (Å²) >= 11 is 6.27. The highest BCUT2D eigenvalue weighted by Crippen LogP contribution is 2.32. The molecule has 4 heteroatoms. The van der Waals surface area contributed by atoms with Gasteiger partial charge in [0.2, 0.25) is 0 Å². The fraction of sp³-hybridized carbons (Fsp3) is 0.625. The molecule has 2 fully saturated rings. The van der Waals surface area contributed by atoms with Crippen LogP contribution in [0.5, 0.6) is 0 Å². The number of benzene rings is 1. The van der Waals surface area contributed by atoms with Crippen LogP contribution in [0.1, 0.15) is 18.4 Å². The number of hydrogen-bond donors (Lipinski definition) is 1. The van der Waals surface area contributed by atoms with Crippen LogP contribution in [0.25, 0.3) is 0 Å². The zero-order valence-electron chi connectivity index (χ0n) is 11.7. The quantitative estimate of drug-likeness (QED) is 0.905. The second kappa shape index (κ2) is 6.02. The molecule has 0 bridgehead atoms. The number of hydrogen-bond acceptors (Lipinski definition) is 3. The molecule has 3 nitrogen and oxygen atoms in total. The van der Waals surface area contributed by atoms with Crippen LogP contribution in [0.3, 0.4) is 0 Å². The highest BCUT2D eigenvalue weighted by atomic mass is 35.5. The van der Waals surface area contributed by atoms with Gasteiger partial charge in [-0.25, -0.2) is 0 Å². The first-order chi connectivity index (χ1) is 9.72. The van der Waals surface area contributed by atoms with Crippen molar-refractivity contribution in [3.63, 3.8) is 0 Å². The molecule has 2 heterocycles. The normalized spacial score (nSPS) is 25.6. The topological polar surface area (TPSA) is 32.7 Å². The molecule has 1 aromatic carbocycles. The molecule has 1 unspecified atom stereocenters. The zero-order chi connectivity index (χ0) is 14.0. The Morgan fingerprint density at radius 2 is 2.15 bits per heavy atom. The predicted molar refractivity (Wildman–Crippen MR) is 80.1 cm³/mol. The van der Waals surface area contributed by atoms with Crippen LogP contribution >= 0.6 is 11.6 Å². The van der Waals surface area contributed by atoms with Crippen LogP contribution in [0, 0.1) is 5.41 Å². The Hall–Kier alpha value is -0.610. The Morgan fingerprint density at radius 3 is 2.80 bits per heavy atom. The Kier molecular flexibility index (Phi) is 4.32. The van der Waals surface area contributed by atoms with E-state index in [-0.39, 0.29) is 12.0 Å². The van der Waals surface area contributed by atoms with E-state index in [4.69, 9.17) is 16.3 Å². The van der Waals surface area contributed by atoms with Crippen molar-refractivity contribution in [2.75, 3.05) is 32.9 Å². The molecule has 1 N–H and O–H groups in total. The maximum absolute atomic E-state index is 9.59. The molecule has 2 aliphatic rings. The molecule has 0 aromatic heterocycles. The fourth-order valence-corrected chi connectivity index (χ4v) is 3.52. The van der Waals surface area contributed by atoms with E-state index in [1.54, 1.807) is 0 Å². The van der Waals surface area contributed by atoms with Gasteiger partial charge in [-0.15, -0.1) is 0 Å². The van der Waals surface area contributed by atoms with Gasteiger partial charge in [0.05, 0.1) is 25.2 Å². The summed E-state index contributed by atoms with van der Waals surface area (Å²) in [7, 11) is 0. The molecule has 0 spiro atoms. The van der Waals surface area contributed by atoms with Gasteiger partial charge >= 0.3 is 0 Å². The van der Waals surface area contributed by atoms with Gasteiger partial charge in [-0.2, -0.15) is 0 Å². The first-order valence-corrected chi connectivity index (χ1v) is 7.76. The third kappa shape index (κ3) is 2.86. The summed E-state index contributed by atoms with van der Waals surface area (Å²) in [6.45, 7) is 3.68. The molecule has 2 aliphatic heterocycles. The van der Waals surface area contributed by atoms with Crippen LogP contribution in [0.15, 0.2) is 24.3 Å². The monoisotopic (exact) mass is 295 g/mol. The maximum Gasteiger partial charge on any atom is 0.0579 e. The third-order valence-corrected chi connectivity index (χ3v) is 4.97. The van der Waals surface area contributed by atoms with Gasteiger partial charge in [-0.1, -0.05) is 29.8 Å². The average molecular weight is 296 g/mol. The number of aliphatic hydroxyl groups excluding tert-OH is 1. The molecule has 20 heavy (non-hydrogen) atoms. The van der Waals surface area contributed by atoms with Crippen molar-refractivity contribution in [3.8, 4) is 0 Å². The SMILES string of the molecule is OCC1(CN2CCCC2Cc2ccccc2Cl)COC1. The summed E-state index contributed by atoms with van der Waals surface area (Å²) in [6, 6.07) is 8.65. The Labute approximate surface area is 125 Å². The van der Waals surface area contributed by atoms with E-state index in [2.05, 4.69) is 17.0 Å². The van der Waals surface area contributed by atoms with Gasteiger partial charge in [0.25, 0.3) is 0 Å². The summed E-state index contributed by atoms with van der Waals surface area (Å²) < 4.78 is 5.30. The summed E-state index contributed by atoms with van der Waals surface area (Å²) in [6.07, 6.45) is 3.45. The molecule has 2 saturated heterocycles. The zero-order valence-corrected chi connectivity index (χ0v) is 12.5. The van der Waals surface area contributed by atoms with Gasteiger partial charge in [-0.3, -0.25) is 4.90 Å². The third-order valence-electron chi connectivity index (χ3n) is 4.60. The van der Waals surface area contributed by atoms with Crippen molar-refractivity contribution in [1.82, 2.24) is 4.90 Å². The first-order valence-electron chi connectivity index (χ1n) is 7.38. The van der Waals surface area contributed by atoms with E-state index < -0.39 is 0 Å². The van der Waals surface area contributed by atoms with Crippen LogP contribution < -0.4 is 0 Å². The van der Waals surface area contributed by atoms with Crippen LogP contribution in [-0.2, 0) is 11.2 Å². The van der Waals surface area contributed by atoms with Crippen LogP contribution in [0.4, 0.5) is 0 Å². The number of likely N-dealkylation sites (tertiary alicyclic amines) is 1. The lowest BCUT2D eigenvalue weighted by Crippen LogP contribution is -2.54. The van der Waals surface area contributed by atoms with Crippen molar-refractivity contribution in [3.05, 3.63) is 34.9 Å². The predicted octanol–water partition coefficient (Wildman–Crippen LogP) is 2.36. The number of nitrogens with zero attached hydrogens (tertiary/aromatic N) is 1. The van der Waals surface area contributed by atoms with E-state index in [9.17, 15) is 5.11 Å². The summed E-state index contributed by atoms with van der Waals surface area (Å²) in [5, 5.41) is 10.5. The molecule has 3 rings (SSSR count). The van der Waals surface area contributed by atoms with Gasteiger partial charge in [-0.05, 0) is 37.4 Å². The second-order valence-electron chi connectivity index (χ2n) is 6.21. The lowest BCUT2D eigenvalue weighted by molar-refractivity contribution is -0.149. The molecular weight excluding hydrogens is 274 g/mol. The molecule has 1 aromatic rings. The molecule has 0 radical (unpaired) electrons. The average Bonchev–Trinajstić information content (AvgIpc) is 2.84. The molecule has 0 saturated carbocycles. The van der Waals surface area contributed by atoms with E-state index >= 15 is 0 Å². The van der Waals surface area contributed by atoms with E-state index in [0.717, 1.165) is 24.5 Å². The summed E-state index contributed by atoms with van der Waals surface area (Å²) in [4.78, 5) is 2.52. The largest absolute Gasteiger partial charge is 0.396 e.